The van der Waals surface area contributed by atoms with Crippen LogP contribution in [0.4, 0.5) is 21.0 Å². The molecule has 38 heavy (non-hydrogen) atoms. The zero-order chi connectivity index (χ0) is 27.1. The first-order valence-electron chi connectivity index (χ1n) is 12.6. The third-order valence-corrected chi connectivity index (χ3v) is 6.75. The molecule has 2 atom stereocenters. The number of amides is 4. The highest BCUT2D eigenvalue weighted by atomic mass is 16.5. The number of nitrogens with zero attached hydrogens (tertiary/aromatic N) is 2. The number of benzene rings is 2. The van der Waals surface area contributed by atoms with Crippen molar-refractivity contribution in [1.29, 1.82) is 0 Å². The van der Waals surface area contributed by atoms with Crippen molar-refractivity contribution in [2.45, 2.75) is 37.8 Å². The highest BCUT2D eigenvalue weighted by Gasteiger charge is 2.35. The summed E-state index contributed by atoms with van der Waals surface area (Å²) < 4.78 is 9.54. The molecular formula is C28H32N4O6. The highest BCUT2D eigenvalue weighted by Crippen LogP contribution is 2.22. The summed E-state index contributed by atoms with van der Waals surface area (Å²) in [7, 11) is 2.62. The standard InChI is InChI=1S/C28H32N4O6/c1-37-27(35)31-17-3-5-23(31)25(33)29-21-13-9-19(10-14-21)7-8-20-11-15-22(16-12-20)30-26(34)24-6-4-18-32(24)28(36)38-2/h7-16,23-24H,3-6,17-18H2,1-2H3,(H,29,33)(H,30,34)/t23-,24-/m0/s1. The Morgan fingerprint density at radius 3 is 1.39 bits per heavy atom. The van der Waals surface area contributed by atoms with E-state index in [1.165, 1.54) is 24.0 Å². The molecule has 0 spiro atoms. The third-order valence-electron chi connectivity index (χ3n) is 6.75. The molecule has 0 bridgehead atoms. The predicted molar refractivity (Wildman–Crippen MR) is 143 cm³/mol. The van der Waals surface area contributed by atoms with Crippen molar-refractivity contribution in [3.05, 3.63) is 59.7 Å². The molecule has 0 aliphatic carbocycles. The number of carbonyl (C=O) groups excluding carboxylic acids is 4. The number of ether oxygens (including phenoxy) is 2. The smallest absolute Gasteiger partial charge is 0.410 e. The molecule has 2 aliphatic heterocycles. The highest BCUT2D eigenvalue weighted by molar-refractivity contribution is 5.97. The lowest BCUT2D eigenvalue weighted by Gasteiger charge is -2.22. The van der Waals surface area contributed by atoms with E-state index in [-0.39, 0.29) is 11.8 Å². The van der Waals surface area contributed by atoms with Gasteiger partial charge < -0.3 is 20.1 Å². The first kappa shape index (κ1) is 26.7. The predicted octanol–water partition coefficient (Wildman–Crippen LogP) is 4.20. The fourth-order valence-electron chi connectivity index (χ4n) is 4.75. The summed E-state index contributed by atoms with van der Waals surface area (Å²) in [6.07, 6.45) is 5.66. The van der Waals surface area contributed by atoms with Crippen LogP contribution in [0.5, 0.6) is 0 Å². The molecule has 4 amide bonds. The van der Waals surface area contributed by atoms with E-state index >= 15 is 0 Å². The molecule has 2 N–H and O–H groups in total. The Labute approximate surface area is 221 Å². The van der Waals surface area contributed by atoms with Crippen LogP contribution in [0.1, 0.15) is 36.8 Å². The van der Waals surface area contributed by atoms with Gasteiger partial charge in [0.2, 0.25) is 11.8 Å². The molecule has 4 rings (SSSR count). The first-order chi connectivity index (χ1) is 18.4. The molecule has 0 unspecified atom stereocenters. The van der Waals surface area contributed by atoms with E-state index in [0.717, 1.165) is 24.0 Å². The minimum Gasteiger partial charge on any atom is -0.453 e. The van der Waals surface area contributed by atoms with Gasteiger partial charge in [0.1, 0.15) is 12.1 Å². The first-order valence-corrected chi connectivity index (χ1v) is 12.6. The largest absolute Gasteiger partial charge is 0.453 e. The number of rotatable bonds is 6. The Balaban J connectivity index is 1.30. The molecule has 2 fully saturated rings. The Morgan fingerprint density at radius 1 is 0.684 bits per heavy atom. The van der Waals surface area contributed by atoms with E-state index in [2.05, 4.69) is 10.6 Å². The van der Waals surface area contributed by atoms with Gasteiger partial charge in [-0.1, -0.05) is 36.4 Å². The Bertz CT molecular complexity index is 1100. The average molecular weight is 521 g/mol. The molecule has 2 aromatic carbocycles. The SMILES string of the molecule is COC(=O)N1CCC[C@H]1C(=O)Nc1ccc(C=Cc2ccc(NC(=O)[C@@H]3CCCN3C(=O)OC)cc2)cc1. The molecule has 2 saturated heterocycles. The van der Waals surface area contributed by atoms with Crippen molar-refractivity contribution in [3.63, 3.8) is 0 Å². The van der Waals surface area contributed by atoms with E-state index < -0.39 is 24.3 Å². The van der Waals surface area contributed by atoms with Gasteiger partial charge in [0.15, 0.2) is 0 Å². The van der Waals surface area contributed by atoms with E-state index in [4.69, 9.17) is 9.47 Å². The number of nitrogens with one attached hydrogen (secondary N) is 2. The van der Waals surface area contributed by atoms with Crippen LogP contribution in [0.3, 0.4) is 0 Å². The van der Waals surface area contributed by atoms with E-state index in [0.29, 0.717) is 37.3 Å². The lowest BCUT2D eigenvalue weighted by atomic mass is 10.1. The molecule has 2 aromatic rings. The fourth-order valence-corrected chi connectivity index (χ4v) is 4.75. The van der Waals surface area contributed by atoms with E-state index in [1.807, 2.05) is 60.7 Å². The van der Waals surface area contributed by atoms with Gasteiger partial charge in [0, 0.05) is 24.5 Å². The minimum atomic E-state index is -0.528. The summed E-state index contributed by atoms with van der Waals surface area (Å²) in [5, 5.41) is 5.74. The molecular weight excluding hydrogens is 488 g/mol. The maximum atomic E-state index is 12.6. The van der Waals surface area contributed by atoms with Gasteiger partial charge in [0.05, 0.1) is 14.2 Å². The van der Waals surface area contributed by atoms with Gasteiger partial charge in [-0.3, -0.25) is 19.4 Å². The lowest BCUT2D eigenvalue weighted by Crippen LogP contribution is -2.43. The van der Waals surface area contributed by atoms with E-state index in [9.17, 15) is 19.2 Å². The van der Waals surface area contributed by atoms with Gasteiger partial charge in [-0.25, -0.2) is 9.59 Å². The molecule has 2 aliphatic rings. The fraction of sp³-hybridized carbons (Fsp3) is 0.357. The second-order valence-electron chi connectivity index (χ2n) is 9.20. The molecule has 200 valence electrons. The average Bonchev–Trinajstić information content (AvgIpc) is 3.63. The molecule has 0 saturated carbocycles. The van der Waals surface area contributed by atoms with Crippen molar-refractivity contribution >= 4 is 47.5 Å². The maximum absolute atomic E-state index is 12.6. The monoisotopic (exact) mass is 520 g/mol. The van der Waals surface area contributed by atoms with Gasteiger partial charge in [-0.15, -0.1) is 0 Å². The Hall–Kier alpha value is -4.34. The van der Waals surface area contributed by atoms with Gasteiger partial charge in [-0.2, -0.15) is 0 Å². The van der Waals surface area contributed by atoms with Crippen molar-refractivity contribution in [3.8, 4) is 0 Å². The molecule has 0 radical (unpaired) electrons. The quantitative estimate of drug-likeness (QED) is 0.552. The van der Waals surface area contributed by atoms with Crippen LogP contribution in [0.2, 0.25) is 0 Å². The number of anilines is 2. The Kier molecular flexibility index (Phi) is 8.62. The Morgan fingerprint density at radius 2 is 1.05 bits per heavy atom. The van der Waals surface area contributed by atoms with Crippen molar-refractivity contribution in [2.75, 3.05) is 37.9 Å². The summed E-state index contributed by atoms with van der Waals surface area (Å²) in [6, 6.07) is 13.8. The van der Waals surface area contributed by atoms with Crippen LogP contribution in [-0.2, 0) is 19.1 Å². The second-order valence-corrected chi connectivity index (χ2v) is 9.20. The van der Waals surface area contributed by atoms with Crippen LogP contribution in [0.15, 0.2) is 48.5 Å². The number of methoxy groups -OCH3 is 2. The van der Waals surface area contributed by atoms with Crippen LogP contribution >= 0.6 is 0 Å². The second kappa shape index (κ2) is 12.3. The zero-order valence-corrected chi connectivity index (χ0v) is 21.5. The molecule has 0 aromatic heterocycles. The van der Waals surface area contributed by atoms with Crippen LogP contribution in [-0.4, -0.2) is 73.2 Å². The maximum Gasteiger partial charge on any atom is 0.410 e. The van der Waals surface area contributed by atoms with Gasteiger partial charge in [0.25, 0.3) is 0 Å². The summed E-state index contributed by atoms with van der Waals surface area (Å²) in [5.74, 6) is -0.455. The number of hydrogen-bond acceptors (Lipinski definition) is 6. The van der Waals surface area contributed by atoms with Gasteiger partial charge in [-0.05, 0) is 61.1 Å². The van der Waals surface area contributed by atoms with Crippen molar-refractivity contribution in [1.82, 2.24) is 9.80 Å². The lowest BCUT2D eigenvalue weighted by molar-refractivity contribution is -0.120. The normalized spacial score (nSPS) is 18.9. The van der Waals surface area contributed by atoms with Gasteiger partial charge >= 0.3 is 12.2 Å². The van der Waals surface area contributed by atoms with Crippen molar-refractivity contribution < 1.29 is 28.7 Å². The van der Waals surface area contributed by atoms with Crippen molar-refractivity contribution in [2.24, 2.45) is 0 Å². The van der Waals surface area contributed by atoms with Crippen LogP contribution in [0.25, 0.3) is 12.2 Å². The summed E-state index contributed by atoms with van der Waals surface area (Å²) in [4.78, 5) is 51.9. The summed E-state index contributed by atoms with van der Waals surface area (Å²) in [5.41, 5.74) is 3.19. The topological polar surface area (TPSA) is 117 Å². The summed E-state index contributed by atoms with van der Waals surface area (Å²) in [6.45, 7) is 1.02. The molecule has 2 heterocycles. The number of hydrogen-bond donors (Lipinski definition) is 2. The number of carbonyl (C=O) groups is 4. The third kappa shape index (κ3) is 6.31. The van der Waals surface area contributed by atoms with Crippen LogP contribution in [0, 0.1) is 0 Å². The summed E-state index contributed by atoms with van der Waals surface area (Å²) >= 11 is 0. The molecule has 10 heteroatoms. The van der Waals surface area contributed by atoms with E-state index in [1.54, 1.807) is 0 Å². The van der Waals surface area contributed by atoms with Crippen LogP contribution < -0.4 is 10.6 Å². The molecule has 10 nitrogen and oxygen atoms in total. The number of likely N-dealkylation sites (tertiary alicyclic amines) is 2. The minimum absolute atomic E-state index is 0.227. The zero-order valence-electron chi connectivity index (χ0n) is 21.5.